The molecule has 2 aromatic heterocycles. The smallest absolute Gasteiger partial charge is 0.123 e. The Labute approximate surface area is 116 Å². The molecule has 0 aliphatic carbocycles. The number of aliphatic hydroxyl groups is 1. The van der Waals surface area contributed by atoms with E-state index in [2.05, 4.69) is 28.9 Å². The van der Waals surface area contributed by atoms with Crippen molar-refractivity contribution in [2.45, 2.75) is 19.4 Å². The Morgan fingerprint density at radius 2 is 2.31 bits per heavy atom. The van der Waals surface area contributed by atoms with Crippen LogP contribution in [0.5, 0.6) is 0 Å². The van der Waals surface area contributed by atoms with Gasteiger partial charge in [0.2, 0.25) is 0 Å². The van der Waals surface area contributed by atoms with Crippen LogP contribution in [0.15, 0.2) is 21.3 Å². The van der Waals surface area contributed by atoms with Gasteiger partial charge in [-0.05, 0) is 45.4 Å². The quantitative estimate of drug-likeness (QED) is 0.847. The minimum Gasteiger partial charge on any atom is -0.382 e. The largest absolute Gasteiger partial charge is 0.382 e. The summed E-state index contributed by atoms with van der Waals surface area (Å²) in [6.45, 7) is 2.09. The highest BCUT2D eigenvalue weighted by Crippen LogP contribution is 2.39. The van der Waals surface area contributed by atoms with E-state index < -0.39 is 6.10 Å². The van der Waals surface area contributed by atoms with E-state index in [0.717, 1.165) is 20.0 Å². The van der Waals surface area contributed by atoms with Crippen LogP contribution in [0.3, 0.4) is 0 Å². The maximum Gasteiger partial charge on any atom is 0.123 e. The van der Waals surface area contributed by atoms with Crippen LogP contribution in [0.25, 0.3) is 0 Å². The van der Waals surface area contributed by atoms with Gasteiger partial charge < -0.3 is 5.11 Å². The molecule has 1 unspecified atom stereocenters. The van der Waals surface area contributed by atoms with Crippen LogP contribution in [0.2, 0.25) is 5.02 Å². The number of aryl methyl sites for hydroxylation is 1. The lowest BCUT2D eigenvalue weighted by Gasteiger charge is -2.08. The summed E-state index contributed by atoms with van der Waals surface area (Å²) in [6.07, 6.45) is 0.389. The molecule has 2 rings (SSSR count). The molecule has 0 aromatic carbocycles. The van der Waals surface area contributed by atoms with Crippen LogP contribution in [0.4, 0.5) is 0 Å². The fraction of sp³-hybridized carbons (Fsp3) is 0.273. The summed E-state index contributed by atoms with van der Waals surface area (Å²) in [7, 11) is 0. The minimum absolute atomic E-state index is 0.552. The fourth-order valence-electron chi connectivity index (χ4n) is 1.51. The van der Waals surface area contributed by atoms with Gasteiger partial charge in [-0.15, -0.1) is 22.7 Å². The third-order valence-electron chi connectivity index (χ3n) is 2.34. The summed E-state index contributed by atoms with van der Waals surface area (Å²) in [6, 6.07) is 3.88. The van der Waals surface area contributed by atoms with E-state index in [4.69, 9.17) is 11.6 Å². The Morgan fingerprint density at radius 3 is 2.88 bits per heavy atom. The van der Waals surface area contributed by atoms with Gasteiger partial charge >= 0.3 is 0 Å². The molecule has 0 radical (unpaired) electrons. The lowest BCUT2D eigenvalue weighted by Crippen LogP contribution is -1.97. The minimum atomic E-state index is -0.552. The second kappa shape index (κ2) is 5.19. The van der Waals surface area contributed by atoms with Crippen molar-refractivity contribution >= 4 is 50.2 Å². The SMILES string of the molecule is CCc1ccsc1C(O)c1cc(Cl)c(Br)s1. The second-order valence-corrected chi connectivity index (χ2v) is 7.09. The van der Waals surface area contributed by atoms with Crippen LogP contribution >= 0.6 is 50.2 Å². The van der Waals surface area contributed by atoms with E-state index in [1.54, 1.807) is 11.3 Å². The molecule has 0 saturated carbocycles. The zero-order valence-corrected chi connectivity index (χ0v) is 12.5. The molecule has 1 atom stereocenters. The number of halogens is 2. The number of hydrogen-bond acceptors (Lipinski definition) is 3. The van der Waals surface area contributed by atoms with Crippen molar-refractivity contribution in [3.63, 3.8) is 0 Å². The molecule has 1 N–H and O–H groups in total. The topological polar surface area (TPSA) is 20.2 Å². The zero-order chi connectivity index (χ0) is 11.7. The zero-order valence-electron chi connectivity index (χ0n) is 8.54. The first-order valence-corrected chi connectivity index (χ1v) is 7.69. The Bertz CT molecular complexity index is 472. The van der Waals surface area contributed by atoms with Gasteiger partial charge in [-0.2, -0.15) is 0 Å². The van der Waals surface area contributed by atoms with Crippen molar-refractivity contribution in [2.75, 3.05) is 0 Å². The van der Waals surface area contributed by atoms with Crippen molar-refractivity contribution in [3.8, 4) is 0 Å². The van der Waals surface area contributed by atoms with Crippen molar-refractivity contribution in [2.24, 2.45) is 0 Å². The Morgan fingerprint density at radius 1 is 1.56 bits per heavy atom. The van der Waals surface area contributed by atoms with E-state index in [1.165, 1.54) is 16.9 Å². The third kappa shape index (κ3) is 2.36. The molecular weight excluding hydrogens is 328 g/mol. The van der Waals surface area contributed by atoms with Crippen molar-refractivity contribution < 1.29 is 5.11 Å². The highest BCUT2D eigenvalue weighted by molar-refractivity contribution is 9.11. The van der Waals surface area contributed by atoms with Gasteiger partial charge in [0.15, 0.2) is 0 Å². The molecule has 0 bridgehead atoms. The molecule has 5 heteroatoms. The predicted molar refractivity (Wildman–Crippen MR) is 74.8 cm³/mol. The van der Waals surface area contributed by atoms with Crippen molar-refractivity contribution in [1.29, 1.82) is 0 Å². The van der Waals surface area contributed by atoms with Crippen molar-refractivity contribution in [3.05, 3.63) is 41.6 Å². The summed E-state index contributed by atoms with van der Waals surface area (Å²) < 4.78 is 0.873. The summed E-state index contributed by atoms with van der Waals surface area (Å²) in [5.74, 6) is 0. The molecule has 0 amide bonds. The van der Waals surface area contributed by atoms with Gasteiger partial charge in [0.1, 0.15) is 6.10 Å². The monoisotopic (exact) mass is 336 g/mol. The first kappa shape index (κ1) is 12.6. The van der Waals surface area contributed by atoms with E-state index in [9.17, 15) is 5.11 Å². The standard InChI is InChI=1S/C11H10BrClOS2/c1-2-6-3-4-15-10(6)9(14)8-5-7(13)11(12)16-8/h3-5,9,14H,2H2,1H3. The van der Waals surface area contributed by atoms with Gasteiger partial charge in [-0.1, -0.05) is 18.5 Å². The Balaban J connectivity index is 2.35. The lowest BCUT2D eigenvalue weighted by atomic mass is 10.1. The lowest BCUT2D eigenvalue weighted by molar-refractivity contribution is 0.227. The molecule has 0 fully saturated rings. The predicted octanol–water partition coefficient (Wildman–Crippen LogP) is 4.87. The van der Waals surface area contributed by atoms with E-state index in [1.807, 2.05) is 11.4 Å². The molecule has 0 aliphatic heterocycles. The molecule has 16 heavy (non-hydrogen) atoms. The summed E-state index contributed by atoms with van der Waals surface area (Å²) in [5.41, 5.74) is 1.21. The maximum atomic E-state index is 10.3. The van der Waals surface area contributed by atoms with Crippen LogP contribution < -0.4 is 0 Å². The number of aliphatic hydroxyl groups excluding tert-OH is 1. The normalized spacial score (nSPS) is 13.0. The van der Waals surface area contributed by atoms with E-state index in [0.29, 0.717) is 5.02 Å². The molecule has 2 heterocycles. The van der Waals surface area contributed by atoms with Gasteiger partial charge in [0, 0.05) is 9.75 Å². The number of hydrogen-bond donors (Lipinski definition) is 1. The van der Waals surface area contributed by atoms with E-state index >= 15 is 0 Å². The van der Waals surface area contributed by atoms with E-state index in [-0.39, 0.29) is 0 Å². The van der Waals surface area contributed by atoms with Crippen molar-refractivity contribution in [1.82, 2.24) is 0 Å². The molecule has 86 valence electrons. The van der Waals surface area contributed by atoms with Crippen LogP contribution in [0.1, 0.15) is 28.3 Å². The van der Waals surface area contributed by atoms with Crippen LogP contribution in [-0.4, -0.2) is 5.11 Å². The average molecular weight is 338 g/mol. The second-order valence-electron chi connectivity index (χ2n) is 3.34. The van der Waals surface area contributed by atoms with Gasteiger partial charge in [0.05, 0.1) is 8.81 Å². The van der Waals surface area contributed by atoms with Gasteiger partial charge in [0.25, 0.3) is 0 Å². The Kier molecular flexibility index (Phi) is 4.08. The molecule has 1 nitrogen and oxygen atoms in total. The van der Waals surface area contributed by atoms with Gasteiger partial charge in [-0.25, -0.2) is 0 Å². The summed E-state index contributed by atoms with van der Waals surface area (Å²) in [5, 5.41) is 12.9. The molecular formula is C11H10BrClOS2. The molecule has 0 saturated heterocycles. The average Bonchev–Trinajstić information content (AvgIpc) is 2.85. The highest BCUT2D eigenvalue weighted by Gasteiger charge is 2.18. The van der Waals surface area contributed by atoms with Crippen LogP contribution in [-0.2, 0) is 6.42 Å². The highest BCUT2D eigenvalue weighted by atomic mass is 79.9. The summed E-state index contributed by atoms with van der Waals surface area (Å²) >= 11 is 12.4. The first-order valence-electron chi connectivity index (χ1n) is 4.82. The van der Waals surface area contributed by atoms with Gasteiger partial charge in [-0.3, -0.25) is 0 Å². The third-order valence-corrected chi connectivity index (χ3v) is 5.88. The number of thiophene rings is 2. The molecule has 0 spiro atoms. The molecule has 0 aliphatic rings. The fourth-order valence-corrected chi connectivity index (χ4v) is 4.32. The van der Waals surface area contributed by atoms with Crippen LogP contribution in [0, 0.1) is 0 Å². The number of rotatable bonds is 3. The summed E-state index contributed by atoms with van der Waals surface area (Å²) in [4.78, 5) is 1.90. The Hall–Kier alpha value is 0.130. The maximum absolute atomic E-state index is 10.3. The molecule has 2 aromatic rings. The first-order chi connectivity index (χ1) is 7.63.